The van der Waals surface area contributed by atoms with E-state index < -0.39 is 0 Å². The van der Waals surface area contributed by atoms with Crippen molar-refractivity contribution in [2.75, 3.05) is 25.0 Å². The minimum absolute atomic E-state index is 0.141. The highest BCUT2D eigenvalue weighted by Crippen LogP contribution is 2.27. The Morgan fingerprint density at radius 3 is 2.96 bits per heavy atom. The number of hydrogen-bond donors (Lipinski definition) is 2. The van der Waals surface area contributed by atoms with E-state index in [-0.39, 0.29) is 5.91 Å². The third-order valence-electron chi connectivity index (χ3n) is 4.42. The van der Waals surface area contributed by atoms with E-state index in [2.05, 4.69) is 27.4 Å². The maximum absolute atomic E-state index is 12.4. The Hall–Kier alpha value is -1.47. The van der Waals surface area contributed by atoms with Crippen LogP contribution in [0.3, 0.4) is 0 Å². The minimum Gasteiger partial charge on any atom is -0.321 e. The van der Waals surface area contributed by atoms with Gasteiger partial charge in [0.25, 0.3) is 5.91 Å². The van der Waals surface area contributed by atoms with Gasteiger partial charge in [0.05, 0.1) is 11.2 Å². The molecule has 134 valence electrons. The van der Waals surface area contributed by atoms with Crippen LogP contribution in [0.15, 0.2) is 18.3 Å². The lowest BCUT2D eigenvalue weighted by Crippen LogP contribution is -2.48. The Labute approximate surface area is 157 Å². The van der Waals surface area contributed by atoms with Crippen LogP contribution in [0.5, 0.6) is 0 Å². The molecule has 25 heavy (non-hydrogen) atoms. The van der Waals surface area contributed by atoms with E-state index in [0.717, 1.165) is 48.0 Å². The molecule has 0 radical (unpaired) electrons. The van der Waals surface area contributed by atoms with Crippen molar-refractivity contribution < 1.29 is 4.79 Å². The number of aryl methyl sites for hydroxylation is 1. The molecule has 0 aliphatic carbocycles. The Morgan fingerprint density at radius 2 is 2.28 bits per heavy atom. The van der Waals surface area contributed by atoms with Gasteiger partial charge in [-0.1, -0.05) is 11.6 Å². The minimum atomic E-state index is -0.141. The van der Waals surface area contributed by atoms with Gasteiger partial charge in [0.1, 0.15) is 4.88 Å². The van der Waals surface area contributed by atoms with Crippen LogP contribution in [-0.2, 0) is 6.54 Å². The van der Waals surface area contributed by atoms with Crippen molar-refractivity contribution in [1.29, 1.82) is 0 Å². The number of amides is 1. The summed E-state index contributed by atoms with van der Waals surface area (Å²) in [5, 5.41) is 7.95. The summed E-state index contributed by atoms with van der Waals surface area (Å²) >= 11 is 7.70. The fraction of sp³-hybridized carbons (Fsp3) is 0.444. The molecule has 3 rings (SSSR count). The number of halogens is 1. The third kappa shape index (κ3) is 4.58. The molecule has 1 aliphatic heterocycles. The molecule has 0 saturated carbocycles. The summed E-state index contributed by atoms with van der Waals surface area (Å²) in [5.41, 5.74) is 2.98. The Bertz CT molecular complexity index is 776. The maximum Gasteiger partial charge on any atom is 0.267 e. The van der Waals surface area contributed by atoms with Gasteiger partial charge in [0.2, 0.25) is 0 Å². The van der Waals surface area contributed by atoms with E-state index in [1.54, 1.807) is 6.20 Å². The predicted molar refractivity (Wildman–Crippen MR) is 104 cm³/mol. The molecule has 1 amide bonds. The molecule has 2 aromatic rings. The molecule has 0 unspecified atom stereocenters. The molecule has 0 spiro atoms. The lowest BCUT2D eigenvalue weighted by atomic mass is 10.0. The second kappa shape index (κ2) is 7.83. The molecule has 1 fully saturated rings. The molecule has 0 bridgehead atoms. The number of nitrogens with zero attached hydrogens (tertiary/aromatic N) is 2. The highest BCUT2D eigenvalue weighted by Gasteiger charge is 2.18. The summed E-state index contributed by atoms with van der Waals surface area (Å²) < 4.78 is 0. The van der Waals surface area contributed by atoms with Gasteiger partial charge >= 0.3 is 0 Å². The number of aromatic nitrogens is 1. The number of anilines is 1. The van der Waals surface area contributed by atoms with Crippen LogP contribution in [0.25, 0.3) is 0 Å². The standard InChI is InChI=1S/C18H23ClN4OS/c1-11-9-23(5-4-20-11)10-14-6-15(19)7-16(12(14)2)22-18(24)17-8-21-13(3)25-17/h6-8,11,20H,4-5,9-10H2,1-3H3,(H,22,24)/t11-/m0/s1. The second-order valence-electron chi connectivity index (χ2n) is 6.53. The molecule has 2 N–H and O–H groups in total. The van der Waals surface area contributed by atoms with Gasteiger partial charge in [0, 0.05) is 42.9 Å². The molecule has 2 heterocycles. The Morgan fingerprint density at radius 1 is 1.48 bits per heavy atom. The van der Waals surface area contributed by atoms with E-state index in [0.29, 0.717) is 15.9 Å². The van der Waals surface area contributed by atoms with Crippen molar-refractivity contribution in [2.45, 2.75) is 33.4 Å². The zero-order chi connectivity index (χ0) is 18.0. The van der Waals surface area contributed by atoms with Gasteiger partial charge in [-0.15, -0.1) is 11.3 Å². The summed E-state index contributed by atoms with van der Waals surface area (Å²) in [7, 11) is 0. The van der Waals surface area contributed by atoms with Crippen LogP contribution in [0.2, 0.25) is 5.02 Å². The van der Waals surface area contributed by atoms with Crippen molar-refractivity contribution in [1.82, 2.24) is 15.2 Å². The fourth-order valence-corrected chi connectivity index (χ4v) is 3.99. The first kappa shape index (κ1) is 18.3. The second-order valence-corrected chi connectivity index (χ2v) is 8.20. The van der Waals surface area contributed by atoms with Crippen LogP contribution >= 0.6 is 22.9 Å². The number of benzene rings is 1. The van der Waals surface area contributed by atoms with Crippen LogP contribution in [0, 0.1) is 13.8 Å². The molecule has 1 saturated heterocycles. The molecular formula is C18H23ClN4OS. The first-order valence-electron chi connectivity index (χ1n) is 8.41. The molecule has 1 aromatic heterocycles. The zero-order valence-corrected chi connectivity index (χ0v) is 16.3. The lowest BCUT2D eigenvalue weighted by Gasteiger charge is -2.32. The lowest BCUT2D eigenvalue weighted by molar-refractivity contribution is 0.103. The summed E-state index contributed by atoms with van der Waals surface area (Å²) in [6.07, 6.45) is 1.61. The maximum atomic E-state index is 12.4. The van der Waals surface area contributed by atoms with Gasteiger partial charge in [-0.2, -0.15) is 0 Å². The van der Waals surface area contributed by atoms with Gasteiger partial charge < -0.3 is 10.6 Å². The van der Waals surface area contributed by atoms with Crippen molar-refractivity contribution in [3.63, 3.8) is 0 Å². The van der Waals surface area contributed by atoms with Crippen molar-refractivity contribution in [3.8, 4) is 0 Å². The number of carbonyl (C=O) groups is 1. The summed E-state index contributed by atoms with van der Waals surface area (Å²) in [4.78, 5) is 19.6. The van der Waals surface area contributed by atoms with Gasteiger partial charge in [0.15, 0.2) is 0 Å². The van der Waals surface area contributed by atoms with E-state index in [1.807, 2.05) is 26.0 Å². The first-order valence-corrected chi connectivity index (χ1v) is 9.60. The molecule has 5 nitrogen and oxygen atoms in total. The largest absolute Gasteiger partial charge is 0.321 e. The number of carbonyl (C=O) groups excluding carboxylic acids is 1. The van der Waals surface area contributed by atoms with Gasteiger partial charge in [-0.25, -0.2) is 4.98 Å². The summed E-state index contributed by atoms with van der Waals surface area (Å²) in [6, 6.07) is 4.30. The highest BCUT2D eigenvalue weighted by molar-refractivity contribution is 7.13. The summed E-state index contributed by atoms with van der Waals surface area (Å²) in [6.45, 7) is 9.96. The van der Waals surface area contributed by atoms with Crippen molar-refractivity contribution in [2.24, 2.45) is 0 Å². The topological polar surface area (TPSA) is 57.3 Å². The zero-order valence-electron chi connectivity index (χ0n) is 14.7. The number of piperazine rings is 1. The van der Waals surface area contributed by atoms with E-state index >= 15 is 0 Å². The van der Waals surface area contributed by atoms with E-state index in [9.17, 15) is 4.79 Å². The highest BCUT2D eigenvalue weighted by atomic mass is 35.5. The van der Waals surface area contributed by atoms with Crippen LogP contribution < -0.4 is 10.6 Å². The van der Waals surface area contributed by atoms with Crippen molar-refractivity contribution >= 4 is 34.5 Å². The first-order chi connectivity index (χ1) is 11.9. The third-order valence-corrected chi connectivity index (χ3v) is 5.55. The number of rotatable bonds is 4. The molecule has 7 heteroatoms. The number of hydrogen-bond acceptors (Lipinski definition) is 5. The van der Waals surface area contributed by atoms with Gasteiger partial charge in [-0.05, 0) is 44.0 Å². The fourth-order valence-electron chi connectivity index (χ4n) is 3.08. The van der Waals surface area contributed by atoms with E-state index in [1.165, 1.54) is 11.3 Å². The van der Waals surface area contributed by atoms with Crippen LogP contribution in [-0.4, -0.2) is 41.5 Å². The normalized spacial score (nSPS) is 18.3. The van der Waals surface area contributed by atoms with Crippen molar-refractivity contribution in [3.05, 3.63) is 44.4 Å². The predicted octanol–water partition coefficient (Wildman–Crippen LogP) is 3.46. The van der Waals surface area contributed by atoms with Crippen LogP contribution in [0.4, 0.5) is 5.69 Å². The summed E-state index contributed by atoms with van der Waals surface area (Å²) in [5.74, 6) is -0.141. The molecule has 1 aliphatic rings. The molecule has 1 aromatic carbocycles. The molecule has 1 atom stereocenters. The average molecular weight is 379 g/mol. The Balaban J connectivity index is 1.78. The van der Waals surface area contributed by atoms with E-state index in [4.69, 9.17) is 11.6 Å². The number of nitrogens with one attached hydrogen (secondary N) is 2. The quantitative estimate of drug-likeness (QED) is 0.855. The van der Waals surface area contributed by atoms with Gasteiger partial charge in [-0.3, -0.25) is 9.69 Å². The number of thiazole rings is 1. The SMILES string of the molecule is Cc1ncc(C(=O)Nc2cc(Cl)cc(CN3CCN[C@@H](C)C3)c2C)s1. The smallest absolute Gasteiger partial charge is 0.267 e. The monoisotopic (exact) mass is 378 g/mol. The Kier molecular flexibility index (Phi) is 5.74. The van der Waals surface area contributed by atoms with Crippen LogP contribution in [0.1, 0.15) is 32.7 Å². The molecular weight excluding hydrogens is 356 g/mol. The average Bonchev–Trinajstić information content (AvgIpc) is 2.98.